The number of nitrogens with zero attached hydrogens (tertiary/aromatic N) is 4. The first-order chi connectivity index (χ1) is 11.0. The fourth-order valence-corrected chi connectivity index (χ4v) is 3.52. The van der Waals surface area contributed by atoms with E-state index < -0.39 is 0 Å². The monoisotopic (exact) mass is 330 g/mol. The Hall–Kier alpha value is -1.79. The average molecular weight is 330 g/mol. The van der Waals surface area contributed by atoms with E-state index in [0.717, 1.165) is 42.6 Å². The van der Waals surface area contributed by atoms with E-state index in [2.05, 4.69) is 38.9 Å². The van der Waals surface area contributed by atoms with Crippen LogP contribution in [0, 0.1) is 0 Å². The van der Waals surface area contributed by atoms with Crippen molar-refractivity contribution in [3.8, 4) is 0 Å². The van der Waals surface area contributed by atoms with Crippen LogP contribution >= 0.6 is 11.8 Å². The Morgan fingerprint density at radius 1 is 1.13 bits per heavy atom. The molecule has 2 aliphatic heterocycles. The quantitative estimate of drug-likeness (QED) is 0.775. The minimum Gasteiger partial charge on any atom is -0.378 e. The maximum absolute atomic E-state index is 12.1. The number of hydrogen-bond donors (Lipinski definition) is 0. The number of thioether (sulfide) groups is 1. The summed E-state index contributed by atoms with van der Waals surface area (Å²) in [6.45, 7) is 3.89. The van der Waals surface area contributed by atoms with E-state index in [4.69, 9.17) is 0 Å². The largest absolute Gasteiger partial charge is 0.378 e. The van der Waals surface area contributed by atoms with Gasteiger partial charge in [0.25, 0.3) is 5.91 Å². The lowest BCUT2D eigenvalue weighted by Crippen LogP contribution is -2.46. The molecular weight excluding hydrogens is 308 g/mol. The highest BCUT2D eigenvalue weighted by atomic mass is 32.2. The highest BCUT2D eigenvalue weighted by Gasteiger charge is 2.27. The van der Waals surface area contributed by atoms with Crippen LogP contribution in [-0.2, 0) is 4.79 Å². The molecule has 0 atom stereocenters. The lowest BCUT2D eigenvalue weighted by Gasteiger charge is -2.32. The highest BCUT2D eigenvalue weighted by molar-refractivity contribution is 8.18. The number of rotatable bonds is 2. The molecule has 1 saturated heterocycles. The molecule has 3 rings (SSSR count). The molecule has 0 aliphatic carbocycles. The van der Waals surface area contributed by atoms with Crippen LogP contribution in [-0.4, -0.2) is 68.2 Å². The van der Waals surface area contributed by atoms with Crippen molar-refractivity contribution in [1.82, 2.24) is 9.80 Å². The van der Waals surface area contributed by atoms with Crippen molar-refractivity contribution < 1.29 is 4.79 Å². The molecule has 5 nitrogen and oxygen atoms in total. The van der Waals surface area contributed by atoms with Gasteiger partial charge in [-0.1, -0.05) is 12.1 Å². The number of piperazine rings is 1. The average Bonchev–Trinajstić information content (AvgIpc) is 2.89. The number of likely N-dealkylation sites (N-methyl/N-ethyl adjacent to an activating group) is 1. The van der Waals surface area contributed by atoms with Gasteiger partial charge in [-0.05, 0) is 42.6 Å². The van der Waals surface area contributed by atoms with E-state index in [0.29, 0.717) is 4.91 Å². The molecule has 6 heteroatoms. The van der Waals surface area contributed by atoms with Crippen LogP contribution in [0.2, 0.25) is 0 Å². The van der Waals surface area contributed by atoms with Crippen molar-refractivity contribution in [3.63, 3.8) is 0 Å². The first-order valence-corrected chi connectivity index (χ1v) is 8.58. The van der Waals surface area contributed by atoms with Crippen molar-refractivity contribution in [2.45, 2.75) is 0 Å². The summed E-state index contributed by atoms with van der Waals surface area (Å²) < 4.78 is 0. The Labute approximate surface area is 141 Å². The lowest BCUT2D eigenvalue weighted by atomic mass is 10.2. The van der Waals surface area contributed by atoms with Gasteiger partial charge in [-0.15, -0.1) is 0 Å². The number of amides is 1. The molecule has 0 spiro atoms. The second kappa shape index (κ2) is 6.76. The molecule has 2 heterocycles. The Kier molecular flexibility index (Phi) is 4.73. The summed E-state index contributed by atoms with van der Waals surface area (Å²) >= 11 is 1.49. The van der Waals surface area contributed by atoms with Crippen molar-refractivity contribution in [2.24, 2.45) is 4.99 Å². The Balaban J connectivity index is 1.69. The number of benzene rings is 1. The van der Waals surface area contributed by atoms with Crippen molar-refractivity contribution in [3.05, 3.63) is 34.7 Å². The van der Waals surface area contributed by atoms with E-state index >= 15 is 0 Å². The number of aliphatic imine (C=N–C) groups is 1. The molecule has 1 fully saturated rings. The van der Waals surface area contributed by atoms with Crippen molar-refractivity contribution in [1.29, 1.82) is 0 Å². The highest BCUT2D eigenvalue weighted by Crippen LogP contribution is 2.30. The zero-order valence-corrected chi connectivity index (χ0v) is 14.6. The van der Waals surface area contributed by atoms with Crippen LogP contribution in [0.25, 0.3) is 6.08 Å². The molecule has 0 aromatic heterocycles. The summed E-state index contributed by atoms with van der Waals surface area (Å²) in [6.07, 6.45) is 1.93. The van der Waals surface area contributed by atoms with Gasteiger partial charge in [-0.3, -0.25) is 4.79 Å². The molecule has 0 saturated carbocycles. The Bertz CT molecular complexity index is 643. The second-order valence-corrected chi connectivity index (χ2v) is 7.10. The SMILES string of the molecule is CN1CCN(C2=NC(=O)/C(=C/c3ccc(N(C)C)cc3)S2)CC1. The summed E-state index contributed by atoms with van der Waals surface area (Å²) in [7, 11) is 6.15. The molecule has 2 aliphatic rings. The van der Waals surface area contributed by atoms with Crippen LogP contribution in [0.5, 0.6) is 0 Å². The van der Waals surface area contributed by atoms with Crippen LogP contribution in [0.4, 0.5) is 5.69 Å². The maximum atomic E-state index is 12.1. The standard InChI is InChI=1S/C17H22N4OS/c1-19(2)14-6-4-13(5-7-14)12-15-16(22)18-17(23-15)21-10-8-20(3)9-11-21/h4-7,12H,8-11H2,1-3H3/b15-12-. The van der Waals surface area contributed by atoms with Gasteiger partial charge in [0.15, 0.2) is 5.17 Å². The fraction of sp³-hybridized carbons (Fsp3) is 0.412. The maximum Gasteiger partial charge on any atom is 0.286 e. The summed E-state index contributed by atoms with van der Waals surface area (Å²) in [4.78, 5) is 23.6. The minimum absolute atomic E-state index is 0.124. The molecule has 1 aromatic rings. The molecule has 1 amide bonds. The smallest absolute Gasteiger partial charge is 0.286 e. The van der Waals surface area contributed by atoms with E-state index in [-0.39, 0.29) is 5.91 Å². The fourth-order valence-electron chi connectivity index (χ4n) is 2.55. The third-order valence-corrected chi connectivity index (χ3v) is 5.13. The summed E-state index contributed by atoms with van der Waals surface area (Å²) in [5.41, 5.74) is 2.17. The molecule has 23 heavy (non-hydrogen) atoms. The van der Waals surface area contributed by atoms with Crippen molar-refractivity contribution in [2.75, 3.05) is 52.2 Å². The van der Waals surface area contributed by atoms with Crippen molar-refractivity contribution >= 4 is 34.6 Å². The molecule has 0 unspecified atom stereocenters. The Morgan fingerprint density at radius 2 is 1.78 bits per heavy atom. The predicted octanol–water partition coefficient (Wildman–Crippen LogP) is 1.97. The van der Waals surface area contributed by atoms with Gasteiger partial charge in [0, 0.05) is 46.0 Å². The van der Waals surface area contributed by atoms with Gasteiger partial charge in [0.2, 0.25) is 0 Å². The topological polar surface area (TPSA) is 39.1 Å². The summed E-state index contributed by atoms with van der Waals surface area (Å²) in [5, 5.41) is 0.847. The van der Waals surface area contributed by atoms with Crippen LogP contribution in [0.3, 0.4) is 0 Å². The second-order valence-electron chi connectivity index (χ2n) is 6.09. The van der Waals surface area contributed by atoms with Gasteiger partial charge in [0.1, 0.15) is 0 Å². The number of carbonyl (C=O) groups is 1. The Morgan fingerprint density at radius 3 is 2.39 bits per heavy atom. The zero-order valence-electron chi connectivity index (χ0n) is 13.8. The third-order valence-electron chi connectivity index (χ3n) is 4.09. The molecule has 1 aromatic carbocycles. The zero-order chi connectivity index (χ0) is 16.4. The van der Waals surface area contributed by atoms with E-state index in [9.17, 15) is 4.79 Å². The van der Waals surface area contributed by atoms with E-state index in [1.54, 1.807) is 0 Å². The number of hydrogen-bond acceptors (Lipinski definition) is 5. The first-order valence-electron chi connectivity index (χ1n) is 7.76. The predicted molar refractivity (Wildman–Crippen MR) is 97.8 cm³/mol. The summed E-state index contributed by atoms with van der Waals surface area (Å²) in [6, 6.07) is 8.17. The van der Waals surface area contributed by atoms with Crippen LogP contribution < -0.4 is 4.90 Å². The van der Waals surface area contributed by atoms with Gasteiger partial charge < -0.3 is 14.7 Å². The first kappa shape index (κ1) is 16.1. The summed E-state index contributed by atoms with van der Waals surface area (Å²) in [5.74, 6) is -0.124. The number of amidine groups is 1. The van der Waals surface area contributed by atoms with Gasteiger partial charge in [-0.2, -0.15) is 4.99 Å². The van der Waals surface area contributed by atoms with E-state index in [1.807, 2.05) is 32.3 Å². The molecule has 0 N–H and O–H groups in total. The van der Waals surface area contributed by atoms with E-state index in [1.165, 1.54) is 11.8 Å². The molecular formula is C17H22N4OS. The number of carbonyl (C=O) groups excluding carboxylic acids is 1. The lowest BCUT2D eigenvalue weighted by molar-refractivity contribution is -0.113. The normalized spacial score (nSPS) is 21.0. The van der Waals surface area contributed by atoms with Gasteiger partial charge in [-0.25, -0.2) is 0 Å². The van der Waals surface area contributed by atoms with Crippen LogP contribution in [0.1, 0.15) is 5.56 Å². The molecule has 0 bridgehead atoms. The van der Waals surface area contributed by atoms with Gasteiger partial charge in [0.05, 0.1) is 4.91 Å². The third kappa shape index (κ3) is 3.76. The number of anilines is 1. The van der Waals surface area contributed by atoms with Gasteiger partial charge >= 0.3 is 0 Å². The molecule has 0 radical (unpaired) electrons. The molecule has 122 valence electrons. The van der Waals surface area contributed by atoms with Crippen LogP contribution in [0.15, 0.2) is 34.2 Å². The minimum atomic E-state index is -0.124.